The van der Waals surface area contributed by atoms with Crippen molar-refractivity contribution in [1.29, 1.82) is 0 Å². The van der Waals surface area contributed by atoms with Crippen molar-refractivity contribution in [2.75, 3.05) is 25.1 Å². The number of carbonyl (C=O) groups excluding carboxylic acids is 1. The number of benzene rings is 2. The van der Waals surface area contributed by atoms with E-state index >= 15 is 0 Å². The lowest BCUT2D eigenvalue weighted by molar-refractivity contribution is 0.0976. The molecule has 0 aliphatic rings. The van der Waals surface area contributed by atoms with E-state index in [2.05, 4.69) is 26.6 Å². The van der Waals surface area contributed by atoms with Crippen molar-refractivity contribution in [1.82, 2.24) is 5.32 Å². The zero-order chi connectivity index (χ0) is 18.1. The Morgan fingerprint density at radius 1 is 1.16 bits per heavy atom. The number of thiocarbonyl (C=S) groups is 1. The molecule has 0 unspecified atom stereocenters. The number of halogens is 1. The molecular weight excluding hydrogens is 404 g/mol. The van der Waals surface area contributed by atoms with Crippen molar-refractivity contribution in [2.45, 2.75) is 6.92 Å². The minimum Gasteiger partial charge on any atom is -0.491 e. The third kappa shape index (κ3) is 6.81. The molecule has 0 bridgehead atoms. The van der Waals surface area contributed by atoms with Gasteiger partial charge in [-0.1, -0.05) is 28.1 Å². The minimum atomic E-state index is -0.303. The van der Waals surface area contributed by atoms with Gasteiger partial charge in [0.15, 0.2) is 5.11 Å². The molecule has 2 aromatic carbocycles. The fraction of sp³-hybridized carbons (Fsp3) is 0.222. The summed E-state index contributed by atoms with van der Waals surface area (Å²) in [6, 6.07) is 14.4. The molecule has 2 N–H and O–H groups in total. The lowest BCUT2D eigenvalue weighted by Crippen LogP contribution is -2.34. The summed E-state index contributed by atoms with van der Waals surface area (Å²) in [6.07, 6.45) is 0. The average molecular weight is 423 g/mol. The van der Waals surface area contributed by atoms with E-state index in [1.54, 1.807) is 24.3 Å². The van der Waals surface area contributed by atoms with Crippen molar-refractivity contribution in [3.05, 3.63) is 58.6 Å². The highest BCUT2D eigenvalue weighted by Gasteiger charge is 2.09. The number of anilines is 1. The van der Waals surface area contributed by atoms with Gasteiger partial charge in [-0.3, -0.25) is 10.1 Å². The van der Waals surface area contributed by atoms with Gasteiger partial charge in [-0.05, 0) is 55.5 Å². The van der Waals surface area contributed by atoms with Crippen molar-refractivity contribution in [3.63, 3.8) is 0 Å². The number of carbonyl (C=O) groups is 1. The highest BCUT2D eigenvalue weighted by Crippen LogP contribution is 2.16. The summed E-state index contributed by atoms with van der Waals surface area (Å²) in [7, 11) is 0. The van der Waals surface area contributed by atoms with Gasteiger partial charge in [0, 0.05) is 22.3 Å². The largest absolute Gasteiger partial charge is 0.491 e. The van der Waals surface area contributed by atoms with Crippen LogP contribution in [0.15, 0.2) is 53.0 Å². The van der Waals surface area contributed by atoms with E-state index in [9.17, 15) is 4.79 Å². The second kappa shape index (κ2) is 10.1. The van der Waals surface area contributed by atoms with Crippen LogP contribution in [0.25, 0.3) is 0 Å². The number of ether oxygens (including phenoxy) is 2. The number of rotatable bonds is 7. The van der Waals surface area contributed by atoms with Crippen LogP contribution in [0.2, 0.25) is 0 Å². The predicted octanol–water partition coefficient (Wildman–Crippen LogP) is 3.99. The molecule has 0 aromatic heterocycles. The molecule has 1 amide bonds. The molecule has 0 saturated carbocycles. The van der Waals surface area contributed by atoms with Crippen LogP contribution in [0.5, 0.6) is 5.75 Å². The topological polar surface area (TPSA) is 59.6 Å². The number of amides is 1. The van der Waals surface area contributed by atoms with E-state index < -0.39 is 0 Å². The van der Waals surface area contributed by atoms with Gasteiger partial charge in [-0.2, -0.15) is 0 Å². The van der Waals surface area contributed by atoms with Gasteiger partial charge in [-0.15, -0.1) is 0 Å². The maximum Gasteiger partial charge on any atom is 0.257 e. The van der Waals surface area contributed by atoms with Gasteiger partial charge in [0.1, 0.15) is 12.4 Å². The van der Waals surface area contributed by atoms with Gasteiger partial charge in [0.05, 0.1) is 6.61 Å². The summed E-state index contributed by atoms with van der Waals surface area (Å²) in [5.41, 5.74) is 1.25. The molecule has 0 atom stereocenters. The lowest BCUT2D eigenvalue weighted by atomic mass is 10.2. The first-order valence-corrected chi connectivity index (χ1v) is 8.97. The van der Waals surface area contributed by atoms with Crippen LogP contribution >= 0.6 is 28.1 Å². The first kappa shape index (κ1) is 19.4. The summed E-state index contributed by atoms with van der Waals surface area (Å²) in [6.45, 7) is 3.51. The Balaban J connectivity index is 1.90. The van der Waals surface area contributed by atoms with E-state index in [4.69, 9.17) is 21.7 Å². The first-order chi connectivity index (χ1) is 12.1. The van der Waals surface area contributed by atoms with E-state index in [1.165, 1.54) is 0 Å². The fourth-order valence-corrected chi connectivity index (χ4v) is 2.60. The SMILES string of the molecule is CCOCCOc1cccc(C(=O)NC(=S)Nc2cccc(Br)c2)c1. The normalized spacial score (nSPS) is 10.2. The van der Waals surface area contributed by atoms with Gasteiger partial charge in [0.25, 0.3) is 5.91 Å². The predicted molar refractivity (Wildman–Crippen MR) is 106 cm³/mol. The Hall–Kier alpha value is -1.96. The van der Waals surface area contributed by atoms with E-state index in [-0.39, 0.29) is 11.0 Å². The molecule has 0 spiro atoms. The summed E-state index contributed by atoms with van der Waals surface area (Å²) < 4.78 is 11.7. The molecule has 7 heteroatoms. The zero-order valence-corrected chi connectivity index (χ0v) is 16.2. The van der Waals surface area contributed by atoms with Gasteiger partial charge in [-0.25, -0.2) is 0 Å². The number of hydrogen-bond acceptors (Lipinski definition) is 4. The molecule has 2 rings (SSSR count). The van der Waals surface area contributed by atoms with Crippen LogP contribution in [0.1, 0.15) is 17.3 Å². The van der Waals surface area contributed by atoms with Gasteiger partial charge >= 0.3 is 0 Å². The second-order valence-electron chi connectivity index (χ2n) is 4.99. The maximum atomic E-state index is 12.3. The maximum absolute atomic E-state index is 12.3. The highest BCUT2D eigenvalue weighted by atomic mass is 79.9. The molecule has 0 fully saturated rings. The van der Waals surface area contributed by atoms with Crippen LogP contribution in [0, 0.1) is 0 Å². The zero-order valence-electron chi connectivity index (χ0n) is 13.8. The molecule has 0 aliphatic heterocycles. The molecule has 25 heavy (non-hydrogen) atoms. The molecule has 132 valence electrons. The standard InChI is InChI=1S/C18H19BrN2O3S/c1-2-23-9-10-24-16-8-3-5-13(11-16)17(22)21-18(25)20-15-7-4-6-14(19)12-15/h3-8,11-12H,2,9-10H2,1H3,(H2,20,21,22,25). The Kier molecular flexibility index (Phi) is 7.84. The van der Waals surface area contributed by atoms with Crippen molar-refractivity contribution < 1.29 is 14.3 Å². The Morgan fingerprint density at radius 2 is 1.96 bits per heavy atom. The summed E-state index contributed by atoms with van der Waals surface area (Å²) >= 11 is 8.57. The first-order valence-electron chi connectivity index (χ1n) is 7.77. The minimum absolute atomic E-state index is 0.228. The fourth-order valence-electron chi connectivity index (χ4n) is 1.99. The third-order valence-corrected chi connectivity index (χ3v) is 3.80. The van der Waals surface area contributed by atoms with E-state index in [1.807, 2.05) is 31.2 Å². The monoisotopic (exact) mass is 422 g/mol. The van der Waals surface area contributed by atoms with E-state index in [0.29, 0.717) is 31.1 Å². The lowest BCUT2D eigenvalue weighted by Gasteiger charge is -2.11. The van der Waals surface area contributed by atoms with Crippen LogP contribution in [0.4, 0.5) is 5.69 Å². The van der Waals surface area contributed by atoms with E-state index in [0.717, 1.165) is 10.2 Å². The molecule has 0 radical (unpaired) electrons. The molecule has 0 aliphatic carbocycles. The van der Waals surface area contributed by atoms with Gasteiger partial charge < -0.3 is 14.8 Å². The quantitative estimate of drug-likeness (QED) is 0.521. The number of hydrogen-bond donors (Lipinski definition) is 2. The molecule has 2 aromatic rings. The summed E-state index contributed by atoms with van der Waals surface area (Å²) in [4.78, 5) is 12.3. The molecular formula is C18H19BrN2O3S. The highest BCUT2D eigenvalue weighted by molar-refractivity contribution is 9.10. The molecule has 0 heterocycles. The Morgan fingerprint density at radius 3 is 2.72 bits per heavy atom. The smallest absolute Gasteiger partial charge is 0.257 e. The second-order valence-corrected chi connectivity index (χ2v) is 6.32. The van der Waals surface area contributed by atoms with Crippen molar-refractivity contribution in [2.24, 2.45) is 0 Å². The van der Waals surface area contributed by atoms with Crippen molar-refractivity contribution in [3.8, 4) is 5.75 Å². The Bertz CT molecular complexity index is 740. The summed E-state index contributed by atoms with van der Waals surface area (Å²) in [5, 5.41) is 5.85. The molecule has 0 saturated heterocycles. The van der Waals surface area contributed by atoms with Crippen molar-refractivity contribution >= 4 is 44.9 Å². The molecule has 5 nitrogen and oxygen atoms in total. The van der Waals surface area contributed by atoms with Crippen LogP contribution < -0.4 is 15.4 Å². The number of nitrogens with one attached hydrogen (secondary N) is 2. The van der Waals surface area contributed by atoms with Crippen LogP contribution in [-0.2, 0) is 4.74 Å². The van der Waals surface area contributed by atoms with Gasteiger partial charge in [0.2, 0.25) is 0 Å². The van der Waals surface area contributed by atoms with Crippen LogP contribution in [-0.4, -0.2) is 30.8 Å². The summed E-state index contributed by atoms with van der Waals surface area (Å²) in [5.74, 6) is 0.306. The third-order valence-electron chi connectivity index (χ3n) is 3.11. The Labute approximate surface area is 160 Å². The average Bonchev–Trinajstić information content (AvgIpc) is 2.59. The van der Waals surface area contributed by atoms with Crippen LogP contribution in [0.3, 0.4) is 0 Å².